The minimum Gasteiger partial charge on any atom is -0.293 e. The fraction of sp³-hybridized carbons (Fsp3) is 0.300. The first-order valence-corrected chi connectivity index (χ1v) is 6.87. The maximum Gasteiger partial charge on any atom is 0.254 e. The summed E-state index contributed by atoms with van der Waals surface area (Å²) in [4.78, 5) is 11.2. The summed E-state index contributed by atoms with van der Waals surface area (Å²) >= 11 is 0. The minimum absolute atomic E-state index is 0.346. The van der Waals surface area contributed by atoms with Crippen LogP contribution in [0.2, 0.25) is 0 Å². The fourth-order valence-corrected chi connectivity index (χ4v) is 2.42. The first-order chi connectivity index (χ1) is 8.81. The van der Waals surface area contributed by atoms with E-state index in [1.165, 1.54) is 6.92 Å². The molecule has 0 aliphatic rings. The van der Waals surface area contributed by atoms with Gasteiger partial charge in [0.15, 0.2) is 0 Å². The van der Waals surface area contributed by atoms with E-state index >= 15 is 0 Å². The lowest BCUT2D eigenvalue weighted by Gasteiger charge is -2.23. The molecule has 6 nitrogen and oxygen atoms in total. The number of nitrogens with two attached hydrogens (primary N) is 1. The first kappa shape index (κ1) is 15.3. The second-order valence-electron chi connectivity index (χ2n) is 3.57. The number of hydrogen-bond acceptors (Lipinski definition) is 4. The monoisotopic (exact) mass is 293 g/mol. The van der Waals surface area contributed by atoms with Crippen LogP contribution in [0.15, 0.2) is 18.2 Å². The highest BCUT2D eigenvalue weighted by Crippen LogP contribution is 2.23. The van der Waals surface area contributed by atoms with Crippen LogP contribution in [0.1, 0.15) is 6.92 Å². The van der Waals surface area contributed by atoms with Gasteiger partial charge in [0.2, 0.25) is 10.0 Å². The van der Waals surface area contributed by atoms with Crippen LogP contribution in [0, 0.1) is 11.6 Å². The average molecular weight is 293 g/mol. The molecule has 19 heavy (non-hydrogen) atoms. The Morgan fingerprint density at radius 2 is 2.05 bits per heavy atom. The molecule has 1 aromatic carbocycles. The van der Waals surface area contributed by atoms with Crippen LogP contribution < -0.4 is 15.6 Å². The van der Waals surface area contributed by atoms with Gasteiger partial charge in [-0.15, -0.1) is 0 Å². The molecule has 1 amide bonds. The molecule has 0 aliphatic carbocycles. The fourth-order valence-electron chi connectivity index (χ4n) is 1.35. The second-order valence-corrected chi connectivity index (χ2v) is 5.75. The first-order valence-electron chi connectivity index (χ1n) is 5.26. The van der Waals surface area contributed by atoms with E-state index in [9.17, 15) is 22.0 Å². The molecule has 0 bridgehead atoms. The molecule has 0 aliphatic heterocycles. The Hall–Kier alpha value is -1.74. The molecular formula is C10H13F2N3O3S. The highest BCUT2D eigenvalue weighted by molar-refractivity contribution is 7.92. The number of hydrogen-bond donors (Lipinski definition) is 2. The van der Waals surface area contributed by atoms with Gasteiger partial charge in [0, 0.05) is 6.07 Å². The van der Waals surface area contributed by atoms with Crippen molar-refractivity contribution >= 4 is 21.6 Å². The minimum atomic E-state index is -3.90. The summed E-state index contributed by atoms with van der Waals surface area (Å²) in [5.74, 6) is 1.78. The molecule has 0 spiro atoms. The van der Waals surface area contributed by atoms with Gasteiger partial charge in [-0.25, -0.2) is 23.0 Å². The van der Waals surface area contributed by atoms with Gasteiger partial charge in [-0.3, -0.25) is 14.5 Å². The van der Waals surface area contributed by atoms with E-state index in [-0.39, 0.29) is 5.75 Å². The van der Waals surface area contributed by atoms with Crippen molar-refractivity contribution in [1.29, 1.82) is 0 Å². The van der Waals surface area contributed by atoms with Crippen molar-refractivity contribution in [3.63, 3.8) is 0 Å². The molecule has 0 atom stereocenters. The second kappa shape index (κ2) is 5.93. The number of carbonyl (C=O) groups is 1. The summed E-state index contributed by atoms with van der Waals surface area (Å²) in [6.45, 7) is 0.652. The van der Waals surface area contributed by atoms with Crippen molar-refractivity contribution in [2.75, 3.05) is 16.6 Å². The third-order valence-corrected chi connectivity index (χ3v) is 4.05. The van der Waals surface area contributed by atoms with Crippen molar-refractivity contribution in [3.05, 3.63) is 29.8 Å². The van der Waals surface area contributed by atoms with E-state index in [4.69, 9.17) is 5.84 Å². The van der Waals surface area contributed by atoms with Crippen molar-refractivity contribution in [2.45, 2.75) is 6.92 Å². The van der Waals surface area contributed by atoms with Gasteiger partial charge in [-0.05, 0) is 19.1 Å². The quantitative estimate of drug-likeness (QED) is 0.458. The molecule has 0 fully saturated rings. The van der Waals surface area contributed by atoms with E-state index in [1.54, 1.807) is 5.43 Å². The molecule has 9 heteroatoms. The Balaban J connectivity index is 3.27. The molecule has 0 radical (unpaired) electrons. The number of halogens is 2. The Morgan fingerprint density at radius 1 is 1.42 bits per heavy atom. The third-order valence-electron chi connectivity index (χ3n) is 2.33. The highest BCUT2D eigenvalue weighted by Gasteiger charge is 2.25. The van der Waals surface area contributed by atoms with Crippen LogP contribution in [0.3, 0.4) is 0 Å². The Labute approximate surface area is 109 Å². The smallest absolute Gasteiger partial charge is 0.254 e. The number of nitrogens with one attached hydrogen (secondary N) is 1. The summed E-state index contributed by atoms with van der Waals surface area (Å²) in [6.07, 6.45) is 0. The number of amides is 1. The molecule has 0 aromatic heterocycles. The van der Waals surface area contributed by atoms with E-state index in [0.29, 0.717) is 10.4 Å². The maximum atomic E-state index is 13.6. The number of nitrogens with zero attached hydrogens (tertiary/aromatic N) is 1. The zero-order valence-corrected chi connectivity index (χ0v) is 10.9. The summed E-state index contributed by atoms with van der Waals surface area (Å²) < 4.78 is 50.6. The standard InChI is InChI=1S/C10H13F2N3O3S/c1-2-19(17,18)15(6-10(16)14-13)9-4-3-7(11)5-8(9)12/h3-5H,2,6,13H2,1H3,(H,14,16). The Kier molecular flexibility index (Phi) is 4.78. The van der Waals surface area contributed by atoms with Crippen LogP contribution in [-0.2, 0) is 14.8 Å². The summed E-state index contributed by atoms with van der Waals surface area (Å²) in [5.41, 5.74) is 1.34. The number of hydrazine groups is 1. The molecule has 3 N–H and O–H groups in total. The van der Waals surface area contributed by atoms with Crippen LogP contribution in [0.5, 0.6) is 0 Å². The van der Waals surface area contributed by atoms with Crippen LogP contribution in [-0.4, -0.2) is 26.6 Å². The van der Waals surface area contributed by atoms with E-state index in [0.717, 1.165) is 12.1 Å². The number of anilines is 1. The van der Waals surface area contributed by atoms with E-state index in [2.05, 4.69) is 0 Å². The van der Waals surface area contributed by atoms with Crippen molar-refractivity contribution in [3.8, 4) is 0 Å². The van der Waals surface area contributed by atoms with Gasteiger partial charge in [-0.1, -0.05) is 0 Å². The molecule has 0 saturated carbocycles. The predicted molar refractivity (Wildman–Crippen MR) is 65.5 cm³/mol. The summed E-state index contributed by atoms with van der Waals surface area (Å²) in [7, 11) is -3.90. The Bertz CT molecular complexity index is 577. The molecule has 106 valence electrons. The molecule has 0 saturated heterocycles. The zero-order chi connectivity index (χ0) is 14.6. The molecule has 0 unspecified atom stereocenters. The normalized spacial score (nSPS) is 11.2. The lowest BCUT2D eigenvalue weighted by molar-refractivity contribution is -0.119. The van der Waals surface area contributed by atoms with Gasteiger partial charge in [-0.2, -0.15) is 0 Å². The molecule has 1 aromatic rings. The number of sulfonamides is 1. The van der Waals surface area contributed by atoms with E-state index in [1.807, 2.05) is 0 Å². The molecule has 0 heterocycles. The highest BCUT2D eigenvalue weighted by atomic mass is 32.2. The largest absolute Gasteiger partial charge is 0.293 e. The van der Waals surface area contributed by atoms with Gasteiger partial charge in [0.05, 0.1) is 11.4 Å². The average Bonchev–Trinajstić information content (AvgIpc) is 2.36. The topological polar surface area (TPSA) is 92.5 Å². The summed E-state index contributed by atoms with van der Waals surface area (Å²) in [5, 5.41) is 0. The van der Waals surface area contributed by atoms with Gasteiger partial charge in [0.1, 0.15) is 18.2 Å². The summed E-state index contributed by atoms with van der Waals surface area (Å²) in [6, 6.07) is 2.38. The van der Waals surface area contributed by atoms with E-state index < -0.39 is 39.8 Å². The van der Waals surface area contributed by atoms with Crippen molar-refractivity contribution in [2.24, 2.45) is 5.84 Å². The maximum absolute atomic E-state index is 13.6. The van der Waals surface area contributed by atoms with Crippen LogP contribution in [0.25, 0.3) is 0 Å². The van der Waals surface area contributed by atoms with Crippen molar-refractivity contribution in [1.82, 2.24) is 5.43 Å². The number of benzene rings is 1. The van der Waals surface area contributed by atoms with Gasteiger partial charge < -0.3 is 0 Å². The lowest BCUT2D eigenvalue weighted by atomic mass is 10.3. The molecular weight excluding hydrogens is 280 g/mol. The SMILES string of the molecule is CCS(=O)(=O)N(CC(=O)NN)c1ccc(F)cc1F. The van der Waals surface area contributed by atoms with Gasteiger partial charge >= 0.3 is 0 Å². The number of carbonyl (C=O) groups excluding carboxylic acids is 1. The van der Waals surface area contributed by atoms with Crippen molar-refractivity contribution < 1.29 is 22.0 Å². The molecule has 1 rings (SSSR count). The third kappa shape index (κ3) is 3.61. The zero-order valence-electron chi connectivity index (χ0n) is 10.1. The predicted octanol–water partition coefficient (Wildman–Crippen LogP) is 0.111. The van der Waals surface area contributed by atoms with Gasteiger partial charge in [0.25, 0.3) is 5.91 Å². The number of rotatable bonds is 5. The Morgan fingerprint density at radius 3 is 2.53 bits per heavy atom. The van der Waals surface area contributed by atoms with Crippen LogP contribution in [0.4, 0.5) is 14.5 Å². The van der Waals surface area contributed by atoms with Crippen LogP contribution >= 0.6 is 0 Å². The lowest BCUT2D eigenvalue weighted by Crippen LogP contribution is -2.44.